The van der Waals surface area contributed by atoms with Crippen molar-refractivity contribution in [2.75, 3.05) is 26.3 Å². The van der Waals surface area contributed by atoms with Gasteiger partial charge in [-0.25, -0.2) is 0 Å². The molecule has 2 aliphatic rings. The first kappa shape index (κ1) is 12.7. The van der Waals surface area contributed by atoms with Gasteiger partial charge >= 0.3 is 0 Å². The van der Waals surface area contributed by atoms with E-state index in [0.29, 0.717) is 0 Å². The molecular formula is C17H22NO+. The van der Waals surface area contributed by atoms with E-state index in [-0.39, 0.29) is 5.54 Å². The van der Waals surface area contributed by atoms with Gasteiger partial charge in [0.25, 0.3) is 0 Å². The number of ether oxygens (including phenoxy) is 1. The highest BCUT2D eigenvalue weighted by Gasteiger charge is 2.42. The van der Waals surface area contributed by atoms with Gasteiger partial charge in [0, 0.05) is 18.4 Å². The van der Waals surface area contributed by atoms with Gasteiger partial charge in [-0.05, 0) is 30.9 Å². The number of benzene rings is 1. The lowest BCUT2D eigenvalue weighted by Crippen LogP contribution is -3.21. The maximum Gasteiger partial charge on any atom is 0.159 e. The normalized spacial score (nSPS) is 22.7. The molecule has 19 heavy (non-hydrogen) atoms. The van der Waals surface area contributed by atoms with Crippen molar-refractivity contribution in [3.63, 3.8) is 0 Å². The summed E-state index contributed by atoms with van der Waals surface area (Å²) < 4.78 is 5.50. The highest BCUT2D eigenvalue weighted by molar-refractivity contribution is 5.36. The molecule has 0 bridgehead atoms. The number of hydrogen-bond acceptors (Lipinski definition) is 1. The fourth-order valence-corrected chi connectivity index (χ4v) is 3.36. The van der Waals surface area contributed by atoms with Crippen LogP contribution >= 0.6 is 0 Å². The summed E-state index contributed by atoms with van der Waals surface area (Å²) in [5.41, 5.74) is 1.33. The Balaban J connectivity index is 1.83. The Hall–Kier alpha value is -1.30. The quantitative estimate of drug-likeness (QED) is 0.747. The molecule has 1 heterocycles. The summed E-state index contributed by atoms with van der Waals surface area (Å²) in [7, 11) is 0. The lowest BCUT2D eigenvalue weighted by molar-refractivity contribution is -0.949. The lowest BCUT2D eigenvalue weighted by Gasteiger charge is -2.36. The third-order valence-electron chi connectivity index (χ3n) is 4.45. The third kappa shape index (κ3) is 2.83. The predicted octanol–water partition coefficient (Wildman–Crippen LogP) is 1.27. The van der Waals surface area contributed by atoms with Gasteiger partial charge in [0.2, 0.25) is 0 Å². The van der Waals surface area contributed by atoms with E-state index in [1.54, 1.807) is 4.90 Å². The second kappa shape index (κ2) is 5.77. The van der Waals surface area contributed by atoms with Crippen molar-refractivity contribution in [1.29, 1.82) is 0 Å². The van der Waals surface area contributed by atoms with Crippen molar-refractivity contribution in [1.82, 2.24) is 0 Å². The Bertz CT molecular complexity index is 459. The average Bonchev–Trinajstić information content (AvgIpc) is 2.97. The molecule has 2 nitrogen and oxygen atoms in total. The first-order valence-corrected chi connectivity index (χ1v) is 7.40. The van der Waals surface area contributed by atoms with Gasteiger partial charge in [-0.15, -0.1) is 0 Å². The summed E-state index contributed by atoms with van der Waals surface area (Å²) >= 11 is 0. The number of rotatable bonds is 1. The molecule has 1 aliphatic heterocycles. The molecule has 0 atom stereocenters. The van der Waals surface area contributed by atoms with Crippen molar-refractivity contribution in [3.8, 4) is 11.8 Å². The van der Waals surface area contributed by atoms with Crippen molar-refractivity contribution in [2.45, 2.75) is 31.2 Å². The molecule has 0 unspecified atom stereocenters. The standard InChI is InChI=1S/C17H21NO/c1-2-6-16(7-3-1)8-11-17(9-4-5-10-17)18-12-14-19-15-13-18/h1-3,6-7H,4-5,9-10,12-15H2/p+1. The van der Waals surface area contributed by atoms with Crippen LogP contribution in [0.15, 0.2) is 30.3 Å². The van der Waals surface area contributed by atoms with E-state index in [0.717, 1.165) is 31.9 Å². The maximum atomic E-state index is 5.50. The summed E-state index contributed by atoms with van der Waals surface area (Å²) in [6.45, 7) is 4.02. The van der Waals surface area contributed by atoms with E-state index < -0.39 is 0 Å². The first-order valence-electron chi connectivity index (χ1n) is 7.40. The van der Waals surface area contributed by atoms with Crippen molar-refractivity contribution >= 4 is 0 Å². The van der Waals surface area contributed by atoms with Crippen LogP contribution in [0.25, 0.3) is 0 Å². The average molecular weight is 256 g/mol. The van der Waals surface area contributed by atoms with Crippen LogP contribution in [0, 0.1) is 11.8 Å². The SMILES string of the molecule is C(#CC1([NH+]2CCOCC2)CCCC1)c1ccccc1. The summed E-state index contributed by atoms with van der Waals surface area (Å²) in [6.07, 6.45) is 5.16. The van der Waals surface area contributed by atoms with Crippen LogP contribution in [-0.4, -0.2) is 31.8 Å². The summed E-state index contributed by atoms with van der Waals surface area (Å²) in [6, 6.07) is 10.4. The smallest absolute Gasteiger partial charge is 0.159 e. The summed E-state index contributed by atoms with van der Waals surface area (Å²) in [4.78, 5) is 1.65. The monoisotopic (exact) mass is 256 g/mol. The first-order chi connectivity index (χ1) is 9.39. The second-order valence-corrected chi connectivity index (χ2v) is 5.62. The van der Waals surface area contributed by atoms with Crippen LogP contribution in [0.3, 0.4) is 0 Å². The van der Waals surface area contributed by atoms with Crippen LogP contribution in [0.2, 0.25) is 0 Å². The molecule has 1 aromatic rings. The Kier molecular flexibility index (Phi) is 3.87. The van der Waals surface area contributed by atoms with Gasteiger partial charge in [-0.2, -0.15) is 0 Å². The van der Waals surface area contributed by atoms with Crippen molar-refractivity contribution in [2.24, 2.45) is 0 Å². The summed E-state index contributed by atoms with van der Waals surface area (Å²) in [5.74, 6) is 7.05. The molecule has 0 aromatic heterocycles. The molecule has 0 amide bonds. The van der Waals surface area contributed by atoms with E-state index >= 15 is 0 Å². The van der Waals surface area contributed by atoms with Crippen LogP contribution < -0.4 is 4.90 Å². The zero-order valence-electron chi connectivity index (χ0n) is 11.5. The molecule has 3 rings (SSSR count). The molecule has 0 spiro atoms. The van der Waals surface area contributed by atoms with Crippen LogP contribution in [0.5, 0.6) is 0 Å². The minimum absolute atomic E-state index is 0.194. The molecule has 1 aromatic carbocycles. The zero-order valence-corrected chi connectivity index (χ0v) is 11.5. The number of hydrogen-bond donors (Lipinski definition) is 1. The van der Waals surface area contributed by atoms with Gasteiger partial charge in [0.15, 0.2) is 5.54 Å². The fraction of sp³-hybridized carbons (Fsp3) is 0.529. The van der Waals surface area contributed by atoms with E-state index in [9.17, 15) is 0 Å². The maximum absolute atomic E-state index is 5.50. The molecule has 1 N–H and O–H groups in total. The molecule has 0 radical (unpaired) electrons. The van der Waals surface area contributed by atoms with E-state index in [1.807, 2.05) is 6.07 Å². The number of quaternary nitrogens is 1. The van der Waals surface area contributed by atoms with E-state index in [1.165, 1.54) is 25.7 Å². The van der Waals surface area contributed by atoms with Gasteiger partial charge < -0.3 is 9.64 Å². The number of morpholine rings is 1. The molecular weight excluding hydrogens is 234 g/mol. The van der Waals surface area contributed by atoms with Crippen molar-refractivity contribution < 1.29 is 9.64 Å². The number of nitrogens with one attached hydrogen (secondary N) is 1. The minimum atomic E-state index is 0.194. The van der Waals surface area contributed by atoms with Gasteiger partial charge in [0.1, 0.15) is 13.1 Å². The van der Waals surface area contributed by atoms with Gasteiger partial charge in [-0.3, -0.25) is 0 Å². The Morgan fingerprint density at radius 1 is 1.00 bits per heavy atom. The highest BCUT2D eigenvalue weighted by Crippen LogP contribution is 2.26. The largest absolute Gasteiger partial charge is 0.370 e. The van der Waals surface area contributed by atoms with E-state index in [4.69, 9.17) is 4.74 Å². The third-order valence-corrected chi connectivity index (χ3v) is 4.45. The van der Waals surface area contributed by atoms with Crippen LogP contribution in [0.1, 0.15) is 31.2 Å². The molecule has 1 aliphatic carbocycles. The fourth-order valence-electron chi connectivity index (χ4n) is 3.36. The second-order valence-electron chi connectivity index (χ2n) is 5.62. The molecule has 2 heteroatoms. The summed E-state index contributed by atoms with van der Waals surface area (Å²) in [5, 5.41) is 0. The van der Waals surface area contributed by atoms with Gasteiger partial charge in [-0.1, -0.05) is 24.1 Å². The molecule has 1 saturated carbocycles. The van der Waals surface area contributed by atoms with Crippen LogP contribution in [-0.2, 0) is 4.74 Å². The Morgan fingerprint density at radius 3 is 2.37 bits per heavy atom. The molecule has 2 fully saturated rings. The molecule has 100 valence electrons. The van der Waals surface area contributed by atoms with Crippen LogP contribution in [0.4, 0.5) is 0 Å². The highest BCUT2D eigenvalue weighted by atomic mass is 16.5. The van der Waals surface area contributed by atoms with Crippen molar-refractivity contribution in [3.05, 3.63) is 35.9 Å². The zero-order chi connectivity index (χ0) is 13.0. The topological polar surface area (TPSA) is 13.7 Å². The van der Waals surface area contributed by atoms with E-state index in [2.05, 4.69) is 36.1 Å². The lowest BCUT2D eigenvalue weighted by atomic mass is 9.94. The van der Waals surface area contributed by atoms with Gasteiger partial charge in [0.05, 0.1) is 13.2 Å². The Labute approximate surface area is 115 Å². The Morgan fingerprint density at radius 2 is 1.68 bits per heavy atom. The minimum Gasteiger partial charge on any atom is -0.370 e. The molecule has 1 saturated heterocycles. The predicted molar refractivity (Wildman–Crippen MR) is 76.0 cm³/mol.